The number of hydrogen-bond donors (Lipinski definition) is 1. The summed E-state index contributed by atoms with van der Waals surface area (Å²) in [7, 11) is -3.96. The van der Waals surface area contributed by atoms with Crippen molar-refractivity contribution < 1.29 is 22.8 Å². The van der Waals surface area contributed by atoms with E-state index in [2.05, 4.69) is 15.3 Å². The molecular weight excluding hydrogens is 256 g/mol. The second-order valence-corrected chi connectivity index (χ2v) is 5.19. The summed E-state index contributed by atoms with van der Waals surface area (Å²) in [5.41, 5.74) is 1.56. The van der Waals surface area contributed by atoms with Gasteiger partial charge in [-0.15, -0.1) is 5.10 Å². The lowest BCUT2D eigenvalue weighted by Crippen LogP contribution is -2.40. The molecule has 0 radical (unpaired) electrons. The Labute approximate surface area is 104 Å². The first-order valence-electron chi connectivity index (χ1n) is 5.19. The van der Waals surface area contributed by atoms with E-state index in [4.69, 9.17) is 4.55 Å². The summed E-state index contributed by atoms with van der Waals surface area (Å²) in [5, 5.41) is 10.8. The summed E-state index contributed by atoms with van der Waals surface area (Å²) in [6.45, 7) is 0.105. The second-order valence-electron chi connectivity index (χ2n) is 3.62. The van der Waals surface area contributed by atoms with Gasteiger partial charge >= 0.3 is 0 Å². The highest BCUT2D eigenvalue weighted by Gasteiger charge is 2.11. The number of aromatic amines is 1. The Morgan fingerprint density at radius 2 is 2.22 bits per heavy atom. The van der Waals surface area contributed by atoms with Gasteiger partial charge in [0.25, 0.3) is 10.1 Å². The van der Waals surface area contributed by atoms with Crippen LogP contribution in [-0.2, 0) is 16.7 Å². The van der Waals surface area contributed by atoms with Gasteiger partial charge in [0.15, 0.2) is 18.9 Å². The quantitative estimate of drug-likeness (QED) is 0.574. The number of rotatable bonds is 4. The van der Waals surface area contributed by atoms with Crippen molar-refractivity contribution in [3.05, 3.63) is 36.8 Å². The lowest BCUT2D eigenvalue weighted by molar-refractivity contribution is -0.750. The van der Waals surface area contributed by atoms with Crippen molar-refractivity contribution >= 4 is 10.1 Å². The average Bonchev–Trinajstić information content (AvgIpc) is 2.37. The minimum atomic E-state index is -3.96. The van der Waals surface area contributed by atoms with E-state index in [1.807, 2.05) is 12.1 Å². The van der Waals surface area contributed by atoms with Gasteiger partial charge in [-0.2, -0.15) is 8.42 Å². The van der Waals surface area contributed by atoms with Gasteiger partial charge in [-0.1, -0.05) is 4.68 Å². The van der Waals surface area contributed by atoms with Crippen molar-refractivity contribution in [2.75, 3.05) is 5.75 Å². The van der Waals surface area contributed by atoms with Crippen LogP contribution in [0.2, 0.25) is 0 Å². The Kier molecular flexibility index (Phi) is 3.58. The zero-order valence-corrected chi connectivity index (χ0v) is 10.2. The van der Waals surface area contributed by atoms with Crippen molar-refractivity contribution in [2.45, 2.75) is 6.54 Å². The fourth-order valence-corrected chi connectivity index (χ4v) is 1.78. The van der Waals surface area contributed by atoms with Gasteiger partial charge < -0.3 is 0 Å². The summed E-state index contributed by atoms with van der Waals surface area (Å²) in [4.78, 5) is 0. The number of hydrogen-bond acceptors (Lipinski definition) is 4. The fourth-order valence-electron chi connectivity index (χ4n) is 1.36. The molecule has 0 aliphatic rings. The molecule has 0 aliphatic heterocycles. The summed E-state index contributed by atoms with van der Waals surface area (Å²) in [5.74, 6) is -0.360. The van der Waals surface area contributed by atoms with Crippen molar-refractivity contribution in [3.63, 3.8) is 0 Å². The van der Waals surface area contributed by atoms with Crippen LogP contribution < -0.4 is 9.78 Å². The molecule has 8 heteroatoms. The molecule has 0 bridgehead atoms. The molecule has 2 aromatic heterocycles. The zero-order chi connectivity index (χ0) is 13.0. The van der Waals surface area contributed by atoms with Crippen molar-refractivity contribution in [2.24, 2.45) is 0 Å². The Bertz CT molecular complexity index is 613. The molecule has 94 valence electrons. The van der Waals surface area contributed by atoms with E-state index >= 15 is 0 Å². The fraction of sp³-hybridized carbons (Fsp3) is 0.200. The summed E-state index contributed by atoms with van der Waals surface area (Å²) < 4.78 is 31.2. The minimum Gasteiger partial charge on any atom is -0.285 e. The zero-order valence-electron chi connectivity index (χ0n) is 9.39. The lowest BCUT2D eigenvalue weighted by atomic mass is 10.2. The van der Waals surface area contributed by atoms with Crippen LogP contribution in [-0.4, -0.2) is 28.9 Å². The number of nitrogens with one attached hydrogen (secondary N) is 1. The van der Waals surface area contributed by atoms with Gasteiger partial charge in [0, 0.05) is 17.7 Å². The van der Waals surface area contributed by atoms with Crippen LogP contribution in [0.1, 0.15) is 0 Å². The predicted octanol–water partition coefficient (Wildman–Crippen LogP) is -0.867. The summed E-state index contributed by atoms with van der Waals surface area (Å²) >= 11 is 0. The third kappa shape index (κ3) is 3.54. The molecule has 2 heterocycles. The van der Waals surface area contributed by atoms with E-state index < -0.39 is 10.1 Å². The molecule has 7 nitrogen and oxygen atoms in total. The molecule has 2 aromatic rings. The van der Waals surface area contributed by atoms with Crippen molar-refractivity contribution in [1.82, 2.24) is 10.2 Å². The highest BCUT2D eigenvalue weighted by atomic mass is 32.2. The molecule has 0 aliphatic carbocycles. The van der Waals surface area contributed by atoms with E-state index in [0.717, 1.165) is 11.3 Å². The summed E-state index contributed by atoms with van der Waals surface area (Å²) in [6.07, 6.45) is 4.92. The van der Waals surface area contributed by atoms with E-state index in [1.54, 1.807) is 24.7 Å². The first-order valence-corrected chi connectivity index (χ1v) is 6.80. The Balaban J connectivity index is 2.11. The number of aryl methyl sites for hydroxylation is 1. The van der Waals surface area contributed by atoms with Gasteiger partial charge in [0.1, 0.15) is 17.6 Å². The maximum atomic E-state index is 10.6. The Morgan fingerprint density at radius 1 is 1.39 bits per heavy atom. The van der Waals surface area contributed by atoms with Crippen molar-refractivity contribution in [3.8, 4) is 11.3 Å². The molecule has 2 rings (SSSR count). The Morgan fingerprint density at radius 3 is 2.78 bits per heavy atom. The summed E-state index contributed by atoms with van der Waals surface area (Å²) in [6, 6.07) is 5.42. The van der Waals surface area contributed by atoms with Gasteiger partial charge in [0.05, 0.1) is 0 Å². The number of nitrogens with zero attached hydrogens (tertiary/aromatic N) is 3. The first-order chi connectivity index (χ1) is 8.54. The van der Waals surface area contributed by atoms with Crippen LogP contribution in [0.15, 0.2) is 36.8 Å². The Hall–Kier alpha value is -1.93. The molecule has 0 fully saturated rings. The highest BCUT2D eigenvalue weighted by Crippen LogP contribution is 2.10. The largest absolute Gasteiger partial charge is 0.285 e. The van der Waals surface area contributed by atoms with E-state index in [9.17, 15) is 8.42 Å². The van der Waals surface area contributed by atoms with Crippen molar-refractivity contribution in [1.29, 1.82) is 0 Å². The van der Waals surface area contributed by atoms with Gasteiger partial charge in [0.2, 0.25) is 0 Å². The maximum absolute atomic E-state index is 10.6. The molecule has 0 saturated heterocycles. The van der Waals surface area contributed by atoms with E-state index in [0.29, 0.717) is 0 Å². The van der Waals surface area contributed by atoms with Gasteiger partial charge in [-0.25, -0.2) is 0 Å². The first kappa shape index (κ1) is 12.5. The standard InChI is InChI=1S/C10H10N4O3S/c15-18(16,17)7-6-14-5-3-9(8-12-14)10-2-1-4-11-13-10/h1-5,8H,6-7H2/p+2. The molecule has 0 atom stereocenters. The monoisotopic (exact) mass is 268 g/mol. The van der Waals surface area contributed by atoms with Crippen LogP contribution in [0.25, 0.3) is 11.3 Å². The molecule has 18 heavy (non-hydrogen) atoms. The van der Waals surface area contributed by atoms with Crippen LogP contribution in [0, 0.1) is 0 Å². The topological polar surface area (TPSA) is 98.2 Å². The maximum Gasteiger partial charge on any atom is 0.271 e. The lowest BCUT2D eigenvalue weighted by Gasteiger charge is -1.95. The molecule has 0 amide bonds. The molecule has 0 unspecified atom stereocenters. The van der Waals surface area contributed by atoms with Gasteiger partial charge in [-0.05, 0) is 16.3 Å². The third-order valence-electron chi connectivity index (χ3n) is 2.26. The second kappa shape index (κ2) is 5.15. The molecule has 0 aromatic carbocycles. The highest BCUT2D eigenvalue weighted by molar-refractivity contribution is 7.85. The number of H-pyrrole nitrogens is 1. The van der Waals surface area contributed by atoms with Crippen LogP contribution >= 0.6 is 0 Å². The van der Waals surface area contributed by atoms with E-state index in [1.165, 1.54) is 4.68 Å². The smallest absolute Gasteiger partial charge is 0.271 e. The molecule has 0 spiro atoms. The van der Waals surface area contributed by atoms with E-state index in [-0.39, 0.29) is 12.3 Å². The molecule has 0 saturated carbocycles. The van der Waals surface area contributed by atoms with Crippen LogP contribution in [0.4, 0.5) is 0 Å². The molecular formula is C10H12N4O3S+2. The SMILES string of the molecule is O=S(=O)(O)CC[n+]1ccc(-c2ccc[nH+]n2)cn1. The normalized spacial score (nSPS) is 11.4. The van der Waals surface area contributed by atoms with Crippen LogP contribution in [0.5, 0.6) is 0 Å². The van der Waals surface area contributed by atoms with Gasteiger partial charge in [-0.3, -0.25) is 4.55 Å². The molecule has 2 N–H and O–H groups in total. The minimum absolute atomic E-state index is 0.105. The third-order valence-corrected chi connectivity index (χ3v) is 2.95. The van der Waals surface area contributed by atoms with Crippen LogP contribution in [0.3, 0.4) is 0 Å². The predicted molar refractivity (Wildman–Crippen MR) is 60.6 cm³/mol. The average molecular weight is 268 g/mol. The number of aromatic nitrogens is 4.